The van der Waals surface area contributed by atoms with Crippen molar-refractivity contribution in [2.75, 3.05) is 17.1 Å². The smallest absolute Gasteiger partial charge is 0.243 e. The minimum absolute atomic E-state index is 0.261. The van der Waals surface area contributed by atoms with Crippen LogP contribution in [0.15, 0.2) is 18.2 Å². The van der Waals surface area contributed by atoms with E-state index in [0.717, 1.165) is 43.1 Å². The molecule has 1 rings (SSSR count). The van der Waals surface area contributed by atoms with E-state index >= 15 is 0 Å². The number of nitrogens with zero attached hydrogens (tertiary/aromatic N) is 1. The summed E-state index contributed by atoms with van der Waals surface area (Å²) in [6, 6.07) is 4.65. The first kappa shape index (κ1) is 22.5. The van der Waals surface area contributed by atoms with Gasteiger partial charge in [0.25, 0.3) is 0 Å². The number of hydrogen-bond acceptors (Lipinski definition) is 3. The van der Waals surface area contributed by atoms with Gasteiger partial charge in [-0.15, -0.1) is 0 Å². The predicted molar refractivity (Wildman–Crippen MR) is 109 cm³/mol. The van der Waals surface area contributed by atoms with E-state index in [1.165, 1.54) is 4.31 Å². The van der Waals surface area contributed by atoms with E-state index in [4.69, 9.17) is 0 Å². The Balaban J connectivity index is 2.94. The third kappa shape index (κ3) is 6.31. The Morgan fingerprint density at radius 2 is 1.85 bits per heavy atom. The van der Waals surface area contributed by atoms with E-state index in [2.05, 4.69) is 19.2 Å². The van der Waals surface area contributed by atoms with Crippen LogP contribution in [0.3, 0.4) is 0 Å². The SMILES string of the molecule is CCCC[C@H](CC)CNC(=O)[C@@H](C)N(c1ccc(C)c(C)c1)S(C)(=O)=O. The van der Waals surface area contributed by atoms with Crippen LogP contribution >= 0.6 is 0 Å². The normalized spacial score (nSPS) is 13.9. The number of rotatable bonds is 10. The summed E-state index contributed by atoms with van der Waals surface area (Å²) in [5.74, 6) is 0.169. The summed E-state index contributed by atoms with van der Waals surface area (Å²) in [5, 5.41) is 2.95. The van der Waals surface area contributed by atoms with Crippen molar-refractivity contribution >= 4 is 21.6 Å². The van der Waals surface area contributed by atoms with E-state index < -0.39 is 16.1 Å². The van der Waals surface area contributed by atoms with Gasteiger partial charge in [-0.25, -0.2) is 8.42 Å². The van der Waals surface area contributed by atoms with Gasteiger partial charge >= 0.3 is 0 Å². The molecule has 1 aromatic carbocycles. The summed E-state index contributed by atoms with van der Waals surface area (Å²) in [6.07, 6.45) is 5.50. The molecule has 0 radical (unpaired) electrons. The van der Waals surface area contributed by atoms with Gasteiger partial charge in [-0.05, 0) is 56.4 Å². The zero-order valence-corrected chi connectivity index (χ0v) is 17.8. The highest BCUT2D eigenvalue weighted by Crippen LogP contribution is 2.24. The Morgan fingerprint density at radius 1 is 1.19 bits per heavy atom. The molecular weight excluding hydrogens is 348 g/mol. The average Bonchev–Trinajstić information content (AvgIpc) is 2.56. The molecule has 0 fully saturated rings. The van der Waals surface area contributed by atoms with Crippen molar-refractivity contribution in [1.29, 1.82) is 0 Å². The highest BCUT2D eigenvalue weighted by molar-refractivity contribution is 7.92. The van der Waals surface area contributed by atoms with Crippen LogP contribution in [0.4, 0.5) is 5.69 Å². The van der Waals surface area contributed by atoms with Gasteiger partial charge in [0.1, 0.15) is 6.04 Å². The second kappa shape index (κ2) is 9.95. The van der Waals surface area contributed by atoms with Gasteiger partial charge in [0, 0.05) is 6.54 Å². The second-order valence-electron chi connectivity index (χ2n) is 7.17. The minimum Gasteiger partial charge on any atom is -0.354 e. The molecule has 0 aliphatic heterocycles. The molecule has 0 heterocycles. The van der Waals surface area contributed by atoms with Gasteiger partial charge in [-0.1, -0.05) is 39.2 Å². The number of anilines is 1. The number of nitrogens with one attached hydrogen (secondary N) is 1. The van der Waals surface area contributed by atoms with Gasteiger partial charge < -0.3 is 5.32 Å². The molecule has 26 heavy (non-hydrogen) atoms. The van der Waals surface area contributed by atoms with Crippen molar-refractivity contribution in [1.82, 2.24) is 5.32 Å². The van der Waals surface area contributed by atoms with E-state index in [1.807, 2.05) is 26.0 Å². The summed E-state index contributed by atoms with van der Waals surface area (Å²) in [4.78, 5) is 12.6. The maximum Gasteiger partial charge on any atom is 0.243 e. The molecule has 0 aliphatic rings. The van der Waals surface area contributed by atoms with Gasteiger partial charge in [0.05, 0.1) is 11.9 Å². The molecule has 6 heteroatoms. The van der Waals surface area contributed by atoms with E-state index in [-0.39, 0.29) is 5.91 Å². The maximum absolute atomic E-state index is 12.6. The van der Waals surface area contributed by atoms with Crippen LogP contribution in [0.2, 0.25) is 0 Å². The van der Waals surface area contributed by atoms with Crippen molar-refractivity contribution < 1.29 is 13.2 Å². The van der Waals surface area contributed by atoms with E-state index in [9.17, 15) is 13.2 Å². The molecule has 1 aromatic rings. The lowest BCUT2D eigenvalue weighted by Gasteiger charge is -2.29. The van der Waals surface area contributed by atoms with Gasteiger partial charge in [0.2, 0.25) is 15.9 Å². The molecule has 0 unspecified atom stereocenters. The number of aryl methyl sites for hydroxylation is 2. The van der Waals surface area contributed by atoms with Gasteiger partial charge in [-0.2, -0.15) is 0 Å². The first-order valence-electron chi connectivity index (χ1n) is 9.46. The molecule has 0 saturated heterocycles. The van der Waals surface area contributed by atoms with Gasteiger partial charge in [0.15, 0.2) is 0 Å². The first-order valence-corrected chi connectivity index (χ1v) is 11.3. The monoisotopic (exact) mass is 382 g/mol. The summed E-state index contributed by atoms with van der Waals surface area (Å²) in [5.41, 5.74) is 2.60. The molecule has 5 nitrogen and oxygen atoms in total. The lowest BCUT2D eigenvalue weighted by atomic mass is 9.99. The van der Waals surface area contributed by atoms with Crippen LogP contribution in [0.1, 0.15) is 57.6 Å². The van der Waals surface area contributed by atoms with Crippen LogP contribution in [0, 0.1) is 19.8 Å². The molecule has 0 spiro atoms. The van der Waals surface area contributed by atoms with Crippen molar-refractivity contribution in [3.63, 3.8) is 0 Å². The zero-order chi connectivity index (χ0) is 19.9. The molecule has 0 saturated carbocycles. The Kier molecular flexibility index (Phi) is 8.60. The summed E-state index contributed by atoms with van der Waals surface area (Å²) in [6.45, 7) is 10.4. The number of hydrogen-bond donors (Lipinski definition) is 1. The largest absolute Gasteiger partial charge is 0.354 e. The van der Waals surface area contributed by atoms with Gasteiger partial charge in [-0.3, -0.25) is 9.10 Å². The van der Waals surface area contributed by atoms with Crippen LogP contribution < -0.4 is 9.62 Å². The molecule has 0 aromatic heterocycles. The lowest BCUT2D eigenvalue weighted by Crippen LogP contribution is -2.48. The fourth-order valence-corrected chi connectivity index (χ4v) is 4.17. The standard InChI is InChI=1S/C20H34N2O3S/c1-7-9-10-18(8-2)14-21-20(23)17(5)22(26(6,24)25)19-12-11-15(3)16(4)13-19/h11-13,17-18H,7-10,14H2,1-6H3,(H,21,23)/t17-,18+/m1/s1. The second-order valence-corrected chi connectivity index (χ2v) is 9.02. The lowest BCUT2D eigenvalue weighted by molar-refractivity contribution is -0.122. The van der Waals surface area contributed by atoms with Crippen molar-refractivity contribution in [2.24, 2.45) is 5.92 Å². The average molecular weight is 383 g/mol. The molecule has 1 amide bonds. The molecular formula is C20H34N2O3S. The molecule has 0 aliphatic carbocycles. The fraction of sp³-hybridized carbons (Fsp3) is 0.650. The Morgan fingerprint density at radius 3 is 2.35 bits per heavy atom. The van der Waals surface area contributed by atoms with Crippen molar-refractivity contribution in [3.05, 3.63) is 29.3 Å². The number of benzene rings is 1. The predicted octanol–water partition coefficient (Wildman–Crippen LogP) is 3.79. The Bertz CT molecular complexity index is 701. The van der Waals surface area contributed by atoms with Crippen LogP contribution in [-0.2, 0) is 14.8 Å². The number of carbonyl (C=O) groups is 1. The Labute approximate surface area is 159 Å². The van der Waals surface area contributed by atoms with Crippen molar-refractivity contribution in [2.45, 2.75) is 66.3 Å². The third-order valence-corrected chi connectivity index (χ3v) is 6.18. The Hall–Kier alpha value is -1.56. The number of carbonyl (C=O) groups excluding carboxylic acids is 1. The highest BCUT2D eigenvalue weighted by Gasteiger charge is 2.29. The topological polar surface area (TPSA) is 66.5 Å². The molecule has 1 N–H and O–H groups in total. The summed E-state index contributed by atoms with van der Waals surface area (Å²) in [7, 11) is -3.58. The quantitative estimate of drug-likeness (QED) is 0.669. The van der Waals surface area contributed by atoms with Crippen molar-refractivity contribution in [3.8, 4) is 0 Å². The fourth-order valence-electron chi connectivity index (χ4n) is 3.01. The number of sulfonamides is 1. The number of amides is 1. The zero-order valence-electron chi connectivity index (χ0n) is 17.0. The van der Waals surface area contributed by atoms with Crippen LogP contribution in [-0.4, -0.2) is 33.2 Å². The van der Waals surface area contributed by atoms with Crippen LogP contribution in [0.25, 0.3) is 0 Å². The molecule has 0 bridgehead atoms. The van der Waals surface area contributed by atoms with E-state index in [0.29, 0.717) is 18.2 Å². The number of unbranched alkanes of at least 4 members (excludes halogenated alkanes) is 1. The maximum atomic E-state index is 12.6. The van der Waals surface area contributed by atoms with E-state index in [1.54, 1.807) is 13.0 Å². The minimum atomic E-state index is -3.58. The first-order chi connectivity index (χ1) is 12.1. The molecule has 2 atom stereocenters. The highest BCUT2D eigenvalue weighted by atomic mass is 32.2. The summed E-state index contributed by atoms with van der Waals surface area (Å²) >= 11 is 0. The van der Waals surface area contributed by atoms with Crippen LogP contribution in [0.5, 0.6) is 0 Å². The summed E-state index contributed by atoms with van der Waals surface area (Å²) < 4.78 is 25.9. The third-order valence-electron chi connectivity index (χ3n) is 4.94. The molecule has 148 valence electrons.